The molecule has 0 aliphatic carbocycles. The smallest absolute Gasteiger partial charge is 0.225 e. The van der Waals surface area contributed by atoms with Crippen molar-refractivity contribution in [2.24, 2.45) is 10.9 Å². The number of hydrogen-bond acceptors (Lipinski definition) is 4. The van der Waals surface area contributed by atoms with Gasteiger partial charge in [-0.15, -0.1) is 0 Å². The number of ketones is 1. The fourth-order valence-electron chi connectivity index (χ4n) is 2.59. The maximum Gasteiger partial charge on any atom is 0.225 e. The number of nitrogens with zero attached hydrogens (tertiary/aromatic N) is 2. The third kappa shape index (κ3) is 7.37. The van der Waals surface area contributed by atoms with Gasteiger partial charge in [0.25, 0.3) is 0 Å². The van der Waals surface area contributed by atoms with Crippen molar-refractivity contribution in [3.8, 4) is 5.75 Å². The van der Waals surface area contributed by atoms with Crippen molar-refractivity contribution in [2.45, 2.75) is 54.4 Å². The molecule has 1 rings (SSSR count). The van der Waals surface area contributed by atoms with Crippen LogP contribution in [0.5, 0.6) is 5.75 Å². The van der Waals surface area contributed by atoms with E-state index in [1.165, 1.54) is 19.4 Å². The first-order valence-corrected chi connectivity index (χ1v) is 9.32. The number of methoxy groups -OCH3 is 1. The van der Waals surface area contributed by atoms with Gasteiger partial charge in [0.1, 0.15) is 11.6 Å². The second kappa shape index (κ2) is 10.7. The standard InChI is InChI=1S/C22H32N2O3/c1-15(2)14-24(19(6)26)22(17(4)18(5)25)23-16(3)8-9-20-10-12-21(27-7)13-11-20/h10-13,15H,8-9,14H2,1-7H3/b22-17-,23-16-. The van der Waals surface area contributed by atoms with E-state index in [1.54, 1.807) is 18.9 Å². The van der Waals surface area contributed by atoms with Crippen LogP contribution in [0.15, 0.2) is 40.7 Å². The van der Waals surface area contributed by atoms with Crippen molar-refractivity contribution in [2.75, 3.05) is 13.7 Å². The number of benzene rings is 1. The Morgan fingerprint density at radius 3 is 2.11 bits per heavy atom. The summed E-state index contributed by atoms with van der Waals surface area (Å²) in [6.45, 7) is 11.3. The highest BCUT2D eigenvalue weighted by Gasteiger charge is 2.19. The molecule has 1 aromatic carbocycles. The fraction of sp³-hybridized carbons (Fsp3) is 0.500. The van der Waals surface area contributed by atoms with Gasteiger partial charge >= 0.3 is 0 Å². The Balaban J connectivity index is 3.05. The highest BCUT2D eigenvalue weighted by molar-refractivity contribution is 5.95. The molecular formula is C22H32N2O3. The molecular weight excluding hydrogens is 340 g/mol. The Morgan fingerprint density at radius 2 is 1.67 bits per heavy atom. The van der Waals surface area contributed by atoms with Crippen LogP contribution in [0.3, 0.4) is 0 Å². The minimum absolute atomic E-state index is 0.0771. The van der Waals surface area contributed by atoms with Crippen LogP contribution < -0.4 is 4.74 Å². The minimum atomic E-state index is -0.106. The molecule has 0 radical (unpaired) electrons. The minimum Gasteiger partial charge on any atom is -0.497 e. The highest BCUT2D eigenvalue weighted by atomic mass is 16.5. The van der Waals surface area contributed by atoms with Gasteiger partial charge in [-0.25, -0.2) is 4.99 Å². The number of aliphatic imine (C=N–C) groups is 1. The molecule has 1 aromatic rings. The van der Waals surface area contributed by atoms with Gasteiger partial charge in [-0.05, 0) is 57.2 Å². The number of allylic oxidation sites excluding steroid dienone is 1. The number of Topliss-reactive ketones (excluding diaryl/α,β-unsaturated/α-hetero) is 1. The van der Waals surface area contributed by atoms with E-state index < -0.39 is 0 Å². The molecule has 0 unspecified atom stereocenters. The molecule has 1 amide bonds. The van der Waals surface area contributed by atoms with Crippen molar-refractivity contribution in [3.63, 3.8) is 0 Å². The quantitative estimate of drug-likeness (QED) is 0.476. The van der Waals surface area contributed by atoms with E-state index in [0.717, 1.165) is 24.3 Å². The molecule has 148 valence electrons. The van der Waals surface area contributed by atoms with E-state index in [4.69, 9.17) is 4.74 Å². The zero-order valence-electron chi connectivity index (χ0n) is 17.6. The summed E-state index contributed by atoms with van der Waals surface area (Å²) in [7, 11) is 1.65. The van der Waals surface area contributed by atoms with E-state index in [1.807, 2.05) is 45.0 Å². The Morgan fingerprint density at radius 1 is 1.07 bits per heavy atom. The van der Waals surface area contributed by atoms with E-state index >= 15 is 0 Å². The van der Waals surface area contributed by atoms with Crippen LogP contribution in [-0.2, 0) is 16.0 Å². The first-order valence-electron chi connectivity index (χ1n) is 9.32. The largest absolute Gasteiger partial charge is 0.497 e. The fourth-order valence-corrected chi connectivity index (χ4v) is 2.59. The van der Waals surface area contributed by atoms with E-state index in [0.29, 0.717) is 17.9 Å². The Labute approximate surface area is 163 Å². The lowest BCUT2D eigenvalue weighted by Crippen LogP contribution is -2.32. The molecule has 0 aliphatic rings. The van der Waals surface area contributed by atoms with Gasteiger partial charge in [-0.2, -0.15) is 0 Å². The monoisotopic (exact) mass is 372 g/mol. The maximum atomic E-state index is 12.2. The summed E-state index contributed by atoms with van der Waals surface area (Å²) in [4.78, 5) is 30.4. The van der Waals surface area contributed by atoms with Gasteiger partial charge in [0, 0.05) is 24.8 Å². The second-order valence-corrected chi connectivity index (χ2v) is 7.22. The topological polar surface area (TPSA) is 59.0 Å². The van der Waals surface area contributed by atoms with Gasteiger partial charge < -0.3 is 4.74 Å². The molecule has 0 aromatic heterocycles. The zero-order chi connectivity index (χ0) is 20.6. The number of carbonyl (C=O) groups is 2. The lowest BCUT2D eigenvalue weighted by atomic mass is 10.1. The highest BCUT2D eigenvalue weighted by Crippen LogP contribution is 2.18. The van der Waals surface area contributed by atoms with Crippen molar-refractivity contribution in [1.29, 1.82) is 0 Å². The van der Waals surface area contributed by atoms with E-state index in [2.05, 4.69) is 4.99 Å². The molecule has 0 aliphatic heterocycles. The van der Waals surface area contributed by atoms with Gasteiger partial charge in [0.05, 0.1) is 7.11 Å². The third-order valence-corrected chi connectivity index (χ3v) is 4.28. The van der Waals surface area contributed by atoms with Gasteiger partial charge in [-0.3, -0.25) is 14.5 Å². The van der Waals surface area contributed by atoms with Gasteiger partial charge in [-0.1, -0.05) is 26.0 Å². The van der Waals surface area contributed by atoms with Crippen molar-refractivity contribution in [3.05, 3.63) is 41.2 Å². The first kappa shape index (κ1) is 22.6. The van der Waals surface area contributed by atoms with Crippen molar-refractivity contribution in [1.82, 2.24) is 4.90 Å². The third-order valence-electron chi connectivity index (χ3n) is 4.28. The maximum absolute atomic E-state index is 12.2. The van der Waals surface area contributed by atoms with Crippen LogP contribution in [0, 0.1) is 5.92 Å². The van der Waals surface area contributed by atoms with Crippen LogP contribution in [0.4, 0.5) is 0 Å². The molecule has 0 saturated heterocycles. The number of hydrogen-bond donors (Lipinski definition) is 0. The average molecular weight is 373 g/mol. The summed E-state index contributed by atoms with van der Waals surface area (Å²) >= 11 is 0. The Hall–Kier alpha value is -2.43. The normalized spacial score (nSPS) is 12.7. The summed E-state index contributed by atoms with van der Waals surface area (Å²) < 4.78 is 5.18. The number of aryl methyl sites for hydroxylation is 1. The Bertz CT molecular complexity index is 716. The van der Waals surface area contributed by atoms with Crippen LogP contribution in [0.2, 0.25) is 0 Å². The number of ether oxygens (including phenoxy) is 1. The summed E-state index contributed by atoms with van der Waals surface area (Å²) in [5.41, 5.74) is 2.58. The van der Waals surface area contributed by atoms with Crippen LogP contribution >= 0.6 is 0 Å². The lowest BCUT2D eigenvalue weighted by molar-refractivity contribution is -0.127. The molecule has 27 heavy (non-hydrogen) atoms. The molecule has 0 atom stereocenters. The average Bonchev–Trinajstić information content (AvgIpc) is 2.62. The molecule has 0 heterocycles. The van der Waals surface area contributed by atoms with Crippen molar-refractivity contribution >= 4 is 17.4 Å². The lowest BCUT2D eigenvalue weighted by Gasteiger charge is -2.25. The molecule has 0 saturated carbocycles. The molecule has 0 bridgehead atoms. The second-order valence-electron chi connectivity index (χ2n) is 7.22. The number of carbonyl (C=O) groups excluding carboxylic acids is 2. The molecule has 0 N–H and O–H groups in total. The zero-order valence-corrected chi connectivity index (χ0v) is 17.6. The molecule has 0 fully saturated rings. The number of amides is 1. The van der Waals surface area contributed by atoms with Gasteiger partial charge in [0.2, 0.25) is 5.91 Å². The van der Waals surface area contributed by atoms with Crippen LogP contribution in [0.1, 0.15) is 53.5 Å². The summed E-state index contributed by atoms with van der Waals surface area (Å²) in [6, 6.07) is 7.94. The predicted molar refractivity (Wildman–Crippen MR) is 110 cm³/mol. The molecule has 0 spiro atoms. The van der Waals surface area contributed by atoms with Crippen molar-refractivity contribution < 1.29 is 14.3 Å². The predicted octanol–water partition coefficient (Wildman–Crippen LogP) is 4.41. The Kier molecular flexibility index (Phi) is 8.92. The van der Waals surface area contributed by atoms with Gasteiger partial charge in [0.15, 0.2) is 5.78 Å². The number of rotatable bonds is 9. The van der Waals surface area contributed by atoms with E-state index in [-0.39, 0.29) is 17.6 Å². The first-order chi connectivity index (χ1) is 12.6. The summed E-state index contributed by atoms with van der Waals surface area (Å²) in [5.74, 6) is 1.39. The summed E-state index contributed by atoms with van der Waals surface area (Å²) in [5, 5.41) is 0. The SMILES string of the molecule is COc1ccc(CC/C(C)=N\C(=C(/C)C(C)=O)N(CC(C)C)C(C)=O)cc1. The molecule has 5 nitrogen and oxygen atoms in total. The van der Waals surface area contributed by atoms with Crippen LogP contribution in [0.25, 0.3) is 0 Å². The summed E-state index contributed by atoms with van der Waals surface area (Å²) in [6.07, 6.45) is 1.57. The van der Waals surface area contributed by atoms with Crippen LogP contribution in [-0.4, -0.2) is 36.0 Å². The van der Waals surface area contributed by atoms with E-state index in [9.17, 15) is 9.59 Å². The molecule has 5 heteroatoms.